The van der Waals surface area contributed by atoms with E-state index in [2.05, 4.69) is 20.0 Å². The first-order valence-corrected chi connectivity index (χ1v) is 9.37. The lowest BCUT2D eigenvalue weighted by atomic mass is 10.1. The van der Waals surface area contributed by atoms with E-state index in [1.165, 1.54) is 37.3 Å². The van der Waals surface area contributed by atoms with Gasteiger partial charge in [0.1, 0.15) is 0 Å². The molecule has 11 nitrogen and oxygen atoms in total. The lowest BCUT2D eigenvalue weighted by Crippen LogP contribution is -2.52. The van der Waals surface area contributed by atoms with Gasteiger partial charge in [-0.3, -0.25) is 9.59 Å². The van der Waals surface area contributed by atoms with Crippen LogP contribution in [0.3, 0.4) is 0 Å². The number of benzene rings is 1. The number of rotatable bonds is 4. The first kappa shape index (κ1) is 21.7. The third-order valence-corrected chi connectivity index (χ3v) is 4.69. The maximum Gasteiger partial charge on any atom is 0.339 e. The fourth-order valence-corrected chi connectivity index (χ4v) is 3.06. The molecule has 1 aliphatic heterocycles. The van der Waals surface area contributed by atoms with Gasteiger partial charge in [-0.2, -0.15) is 0 Å². The van der Waals surface area contributed by atoms with Crippen LogP contribution in [0.4, 0.5) is 11.6 Å². The summed E-state index contributed by atoms with van der Waals surface area (Å²) in [5, 5.41) is 2.41. The van der Waals surface area contributed by atoms with E-state index in [4.69, 9.17) is 4.74 Å². The van der Waals surface area contributed by atoms with Gasteiger partial charge >= 0.3 is 23.8 Å². The zero-order chi connectivity index (χ0) is 22.4. The Morgan fingerprint density at radius 1 is 0.935 bits per heavy atom. The van der Waals surface area contributed by atoms with Crippen LogP contribution >= 0.6 is 0 Å². The lowest BCUT2D eigenvalue weighted by molar-refractivity contribution is -0.143. The topological polar surface area (TPSA) is 131 Å². The molecule has 0 unspecified atom stereocenters. The molecule has 1 N–H and O–H groups in total. The summed E-state index contributed by atoms with van der Waals surface area (Å²) >= 11 is 0. The minimum Gasteiger partial charge on any atom is -0.465 e. The number of amides is 2. The Balaban J connectivity index is 1.70. The molecule has 1 aromatic carbocycles. The normalized spacial score (nSPS) is 13.4. The predicted molar refractivity (Wildman–Crippen MR) is 109 cm³/mol. The molecule has 2 aromatic rings. The molecule has 0 radical (unpaired) electrons. The molecular weight excluding hydrogens is 406 g/mol. The standard InChI is InChI=1S/C20H21N5O6/c1-30-18(28)13-4-5-14(19(29)31-2)15(12-13)23-16(26)17(27)24-8-10-25(11-9-24)20-21-6-3-7-22-20/h3-7,12H,8-11H2,1-2H3,(H,23,26). The number of piperazine rings is 1. The average Bonchev–Trinajstić information content (AvgIpc) is 2.83. The van der Waals surface area contributed by atoms with Gasteiger partial charge in [0.05, 0.1) is 31.0 Å². The van der Waals surface area contributed by atoms with Crippen LogP contribution in [0.1, 0.15) is 20.7 Å². The van der Waals surface area contributed by atoms with Crippen molar-refractivity contribution in [3.63, 3.8) is 0 Å². The van der Waals surface area contributed by atoms with E-state index < -0.39 is 23.8 Å². The summed E-state index contributed by atoms with van der Waals surface area (Å²) in [6.45, 7) is 1.54. The van der Waals surface area contributed by atoms with E-state index in [0.29, 0.717) is 32.1 Å². The Morgan fingerprint density at radius 3 is 2.19 bits per heavy atom. The molecular formula is C20H21N5O6. The zero-order valence-electron chi connectivity index (χ0n) is 17.0. The third-order valence-electron chi connectivity index (χ3n) is 4.69. The summed E-state index contributed by atoms with van der Waals surface area (Å²) in [5.41, 5.74) is 0.0844. The number of methoxy groups -OCH3 is 2. The molecule has 31 heavy (non-hydrogen) atoms. The molecule has 0 aliphatic carbocycles. The summed E-state index contributed by atoms with van der Waals surface area (Å²) in [7, 11) is 2.39. The SMILES string of the molecule is COC(=O)c1ccc(C(=O)OC)c(NC(=O)C(=O)N2CCN(c3ncccn3)CC2)c1. The van der Waals surface area contributed by atoms with Gasteiger partial charge in [0.2, 0.25) is 5.95 Å². The number of hydrogen-bond acceptors (Lipinski definition) is 9. The molecule has 1 aliphatic rings. The van der Waals surface area contributed by atoms with E-state index in [9.17, 15) is 19.2 Å². The van der Waals surface area contributed by atoms with Crippen molar-refractivity contribution in [3.8, 4) is 0 Å². The third kappa shape index (κ3) is 4.94. The Morgan fingerprint density at radius 2 is 1.58 bits per heavy atom. The highest BCUT2D eigenvalue weighted by atomic mass is 16.5. The minimum atomic E-state index is -0.934. The number of carbonyl (C=O) groups excluding carboxylic acids is 4. The Bertz CT molecular complexity index is 989. The maximum atomic E-state index is 12.6. The van der Waals surface area contributed by atoms with Crippen LogP contribution in [-0.4, -0.2) is 79.0 Å². The second kappa shape index (κ2) is 9.65. The second-order valence-corrected chi connectivity index (χ2v) is 6.53. The highest BCUT2D eigenvalue weighted by Crippen LogP contribution is 2.20. The van der Waals surface area contributed by atoms with Crippen LogP contribution in [0.5, 0.6) is 0 Å². The van der Waals surface area contributed by atoms with Gasteiger partial charge in [-0.25, -0.2) is 19.6 Å². The number of ether oxygens (including phenoxy) is 2. The molecule has 3 rings (SSSR count). The highest BCUT2D eigenvalue weighted by molar-refractivity contribution is 6.40. The van der Waals surface area contributed by atoms with Crippen molar-refractivity contribution in [2.24, 2.45) is 0 Å². The summed E-state index contributed by atoms with van der Waals surface area (Å²) < 4.78 is 9.35. The first-order chi connectivity index (χ1) is 14.9. The van der Waals surface area contributed by atoms with Crippen LogP contribution < -0.4 is 10.2 Å². The van der Waals surface area contributed by atoms with Gasteiger partial charge in [-0.05, 0) is 24.3 Å². The smallest absolute Gasteiger partial charge is 0.339 e. The van der Waals surface area contributed by atoms with Crippen molar-refractivity contribution < 1.29 is 28.7 Å². The Labute approximate surface area is 178 Å². The monoisotopic (exact) mass is 427 g/mol. The molecule has 162 valence electrons. The number of anilines is 2. The van der Waals surface area contributed by atoms with Crippen molar-refractivity contribution in [1.29, 1.82) is 0 Å². The highest BCUT2D eigenvalue weighted by Gasteiger charge is 2.28. The van der Waals surface area contributed by atoms with Crippen LogP contribution in [0.15, 0.2) is 36.7 Å². The van der Waals surface area contributed by atoms with E-state index in [1.54, 1.807) is 18.5 Å². The Hall–Kier alpha value is -4.02. The van der Waals surface area contributed by atoms with Gasteiger partial charge in [0.25, 0.3) is 0 Å². The number of carbonyl (C=O) groups is 4. The summed E-state index contributed by atoms with van der Waals surface area (Å²) in [6.07, 6.45) is 3.27. The largest absolute Gasteiger partial charge is 0.465 e. The molecule has 1 saturated heterocycles. The molecule has 0 atom stereocenters. The van der Waals surface area contributed by atoms with Gasteiger partial charge < -0.3 is 24.6 Å². The second-order valence-electron chi connectivity index (χ2n) is 6.53. The van der Waals surface area contributed by atoms with Crippen LogP contribution in [0.25, 0.3) is 0 Å². The lowest BCUT2D eigenvalue weighted by Gasteiger charge is -2.34. The number of nitrogens with zero attached hydrogens (tertiary/aromatic N) is 4. The summed E-state index contributed by atoms with van der Waals surface area (Å²) in [6, 6.07) is 5.65. The van der Waals surface area contributed by atoms with Crippen molar-refractivity contribution in [2.45, 2.75) is 0 Å². The predicted octanol–water partition coefficient (Wildman–Crippen LogP) is 0.337. The molecule has 1 aromatic heterocycles. The van der Waals surface area contributed by atoms with E-state index in [1.807, 2.05) is 4.90 Å². The average molecular weight is 427 g/mol. The number of esters is 2. The molecule has 0 bridgehead atoms. The zero-order valence-corrected chi connectivity index (χ0v) is 17.0. The molecule has 0 saturated carbocycles. The van der Waals surface area contributed by atoms with E-state index >= 15 is 0 Å². The fourth-order valence-electron chi connectivity index (χ4n) is 3.06. The van der Waals surface area contributed by atoms with Crippen molar-refractivity contribution in [1.82, 2.24) is 14.9 Å². The quantitative estimate of drug-likeness (QED) is 0.542. The molecule has 2 amide bonds. The van der Waals surface area contributed by atoms with Crippen molar-refractivity contribution in [2.75, 3.05) is 50.6 Å². The van der Waals surface area contributed by atoms with E-state index in [0.717, 1.165) is 0 Å². The Kier molecular flexibility index (Phi) is 6.75. The van der Waals surface area contributed by atoms with Crippen LogP contribution in [0, 0.1) is 0 Å². The minimum absolute atomic E-state index is 0.00217. The fraction of sp³-hybridized carbons (Fsp3) is 0.300. The van der Waals surface area contributed by atoms with Crippen molar-refractivity contribution >= 4 is 35.4 Å². The van der Waals surface area contributed by atoms with Gasteiger partial charge in [-0.1, -0.05) is 0 Å². The van der Waals surface area contributed by atoms with Crippen LogP contribution in [-0.2, 0) is 19.1 Å². The van der Waals surface area contributed by atoms with E-state index in [-0.39, 0.29) is 16.8 Å². The van der Waals surface area contributed by atoms with Gasteiger partial charge in [-0.15, -0.1) is 0 Å². The van der Waals surface area contributed by atoms with Crippen LogP contribution in [0.2, 0.25) is 0 Å². The number of hydrogen-bond donors (Lipinski definition) is 1. The number of aromatic nitrogens is 2. The molecule has 0 spiro atoms. The molecule has 11 heteroatoms. The molecule has 2 heterocycles. The summed E-state index contributed by atoms with van der Waals surface area (Å²) in [5.74, 6) is -2.51. The first-order valence-electron chi connectivity index (χ1n) is 9.37. The number of nitrogens with one attached hydrogen (secondary N) is 1. The van der Waals surface area contributed by atoms with Crippen molar-refractivity contribution in [3.05, 3.63) is 47.8 Å². The van der Waals surface area contributed by atoms with Gasteiger partial charge in [0, 0.05) is 38.6 Å². The molecule has 1 fully saturated rings. The summed E-state index contributed by atoms with van der Waals surface area (Å²) in [4.78, 5) is 60.7. The van der Waals surface area contributed by atoms with Gasteiger partial charge in [0.15, 0.2) is 0 Å². The maximum absolute atomic E-state index is 12.6.